The van der Waals surface area contributed by atoms with E-state index in [0.717, 1.165) is 50.7 Å². The lowest BCUT2D eigenvalue weighted by Crippen LogP contribution is -3.00. The number of hydrogen-bond donors (Lipinski definition) is 1. The monoisotopic (exact) mass is 326 g/mol. The Hall–Kier alpha value is -1.30. The summed E-state index contributed by atoms with van der Waals surface area (Å²) < 4.78 is 5.15. The van der Waals surface area contributed by atoms with Crippen LogP contribution in [0.5, 0.6) is 5.75 Å². The molecule has 0 bridgehead atoms. The molecule has 22 heavy (non-hydrogen) atoms. The van der Waals surface area contributed by atoms with Crippen LogP contribution in [-0.2, 0) is 4.79 Å². The van der Waals surface area contributed by atoms with Gasteiger partial charge in [-0.05, 0) is 18.7 Å². The van der Waals surface area contributed by atoms with Gasteiger partial charge in [0.15, 0.2) is 0 Å². The summed E-state index contributed by atoms with van der Waals surface area (Å²) >= 11 is 0. The first-order valence-electron chi connectivity index (χ1n) is 7.60. The van der Waals surface area contributed by atoms with Gasteiger partial charge in [0, 0.05) is 50.9 Å². The molecule has 1 amide bonds. The molecule has 1 fully saturated rings. The SMILES string of the molecule is CCN1CCN(CCC(=O)Nc2cccc(OC)c2)CC1.[Cl-]. The molecule has 1 saturated heterocycles. The molecule has 0 aromatic heterocycles. The van der Waals surface area contributed by atoms with Crippen LogP contribution in [-0.4, -0.2) is 62.1 Å². The lowest BCUT2D eigenvalue weighted by Gasteiger charge is -2.33. The van der Waals surface area contributed by atoms with Gasteiger partial charge in [-0.25, -0.2) is 0 Å². The molecule has 1 heterocycles. The van der Waals surface area contributed by atoms with Crippen molar-refractivity contribution >= 4 is 11.6 Å². The molecule has 0 saturated carbocycles. The van der Waals surface area contributed by atoms with E-state index in [0.29, 0.717) is 6.42 Å². The molecular formula is C16H25ClN3O2-. The molecule has 1 aliphatic rings. The summed E-state index contributed by atoms with van der Waals surface area (Å²) in [5.74, 6) is 0.810. The molecule has 0 radical (unpaired) electrons. The number of carbonyl (C=O) groups is 1. The quantitative estimate of drug-likeness (QED) is 0.703. The maximum atomic E-state index is 12.0. The molecule has 1 aromatic carbocycles. The Balaban J connectivity index is 0.00000242. The summed E-state index contributed by atoms with van der Waals surface area (Å²) in [7, 11) is 1.62. The molecule has 6 heteroatoms. The van der Waals surface area contributed by atoms with Crippen molar-refractivity contribution in [3.8, 4) is 5.75 Å². The van der Waals surface area contributed by atoms with Crippen LogP contribution in [0.25, 0.3) is 0 Å². The van der Waals surface area contributed by atoms with Crippen molar-refractivity contribution in [2.24, 2.45) is 0 Å². The van der Waals surface area contributed by atoms with Gasteiger partial charge in [0.1, 0.15) is 5.75 Å². The zero-order chi connectivity index (χ0) is 15.1. The minimum absolute atomic E-state index is 0. The second-order valence-electron chi connectivity index (χ2n) is 5.31. The number of nitrogens with zero attached hydrogens (tertiary/aromatic N) is 2. The van der Waals surface area contributed by atoms with E-state index in [2.05, 4.69) is 22.0 Å². The van der Waals surface area contributed by atoms with Crippen molar-refractivity contribution in [2.45, 2.75) is 13.3 Å². The van der Waals surface area contributed by atoms with Gasteiger partial charge in [0.2, 0.25) is 5.91 Å². The van der Waals surface area contributed by atoms with Crippen molar-refractivity contribution in [3.63, 3.8) is 0 Å². The van der Waals surface area contributed by atoms with Crippen molar-refractivity contribution in [1.82, 2.24) is 9.80 Å². The van der Waals surface area contributed by atoms with Gasteiger partial charge < -0.3 is 32.3 Å². The minimum Gasteiger partial charge on any atom is -1.00 e. The Morgan fingerprint density at radius 1 is 1.23 bits per heavy atom. The van der Waals surface area contributed by atoms with E-state index >= 15 is 0 Å². The van der Waals surface area contributed by atoms with Crippen LogP contribution in [0.15, 0.2) is 24.3 Å². The highest BCUT2D eigenvalue weighted by Gasteiger charge is 2.16. The first kappa shape index (κ1) is 18.7. The number of benzene rings is 1. The Morgan fingerprint density at radius 3 is 2.55 bits per heavy atom. The van der Waals surface area contributed by atoms with E-state index in [4.69, 9.17) is 4.74 Å². The van der Waals surface area contributed by atoms with Gasteiger partial charge in [-0.3, -0.25) is 4.79 Å². The topological polar surface area (TPSA) is 44.8 Å². The number of likely N-dealkylation sites (N-methyl/N-ethyl adjacent to an activating group) is 1. The van der Waals surface area contributed by atoms with Gasteiger partial charge in [-0.15, -0.1) is 0 Å². The zero-order valence-electron chi connectivity index (χ0n) is 13.3. The van der Waals surface area contributed by atoms with E-state index in [1.54, 1.807) is 7.11 Å². The van der Waals surface area contributed by atoms with E-state index in [9.17, 15) is 4.79 Å². The fraction of sp³-hybridized carbons (Fsp3) is 0.562. The number of rotatable bonds is 6. The van der Waals surface area contributed by atoms with E-state index < -0.39 is 0 Å². The maximum Gasteiger partial charge on any atom is 0.225 e. The number of nitrogens with one attached hydrogen (secondary N) is 1. The summed E-state index contributed by atoms with van der Waals surface area (Å²) in [5.41, 5.74) is 0.787. The van der Waals surface area contributed by atoms with Crippen LogP contribution in [0.3, 0.4) is 0 Å². The summed E-state index contributed by atoms with van der Waals surface area (Å²) in [6, 6.07) is 7.44. The number of hydrogen-bond acceptors (Lipinski definition) is 4. The number of halogens is 1. The molecule has 0 aliphatic carbocycles. The number of amides is 1. The van der Waals surface area contributed by atoms with Crippen molar-refractivity contribution in [1.29, 1.82) is 0 Å². The fourth-order valence-corrected chi connectivity index (χ4v) is 2.51. The first-order chi connectivity index (χ1) is 10.2. The normalized spacial score (nSPS) is 15.9. The molecule has 1 N–H and O–H groups in total. The van der Waals surface area contributed by atoms with E-state index in [1.165, 1.54) is 0 Å². The minimum atomic E-state index is 0. The third-order valence-corrected chi connectivity index (χ3v) is 3.92. The Kier molecular flexibility index (Phi) is 8.24. The molecule has 0 atom stereocenters. The summed E-state index contributed by atoms with van der Waals surface area (Å²) in [4.78, 5) is 16.8. The van der Waals surface area contributed by atoms with Crippen LogP contribution in [0.2, 0.25) is 0 Å². The Labute approximate surface area is 139 Å². The molecule has 1 aliphatic heterocycles. The predicted molar refractivity (Wildman–Crippen MR) is 84.8 cm³/mol. The predicted octanol–water partition coefficient (Wildman–Crippen LogP) is -1.33. The lowest BCUT2D eigenvalue weighted by atomic mass is 10.2. The molecule has 2 rings (SSSR count). The Bertz CT molecular complexity index is 462. The highest BCUT2D eigenvalue weighted by molar-refractivity contribution is 5.91. The zero-order valence-corrected chi connectivity index (χ0v) is 14.1. The van der Waals surface area contributed by atoms with E-state index in [-0.39, 0.29) is 18.3 Å². The molecule has 0 unspecified atom stereocenters. The van der Waals surface area contributed by atoms with Crippen LogP contribution in [0.1, 0.15) is 13.3 Å². The smallest absolute Gasteiger partial charge is 0.225 e. The summed E-state index contributed by atoms with van der Waals surface area (Å²) in [6.45, 7) is 8.46. The van der Waals surface area contributed by atoms with Gasteiger partial charge in [0.25, 0.3) is 0 Å². The summed E-state index contributed by atoms with van der Waals surface area (Å²) in [5, 5.41) is 2.92. The highest BCUT2D eigenvalue weighted by atomic mass is 35.5. The second kappa shape index (κ2) is 9.66. The maximum absolute atomic E-state index is 12.0. The van der Waals surface area contributed by atoms with Crippen molar-refractivity contribution < 1.29 is 21.9 Å². The number of piperazine rings is 1. The Morgan fingerprint density at radius 2 is 1.91 bits per heavy atom. The van der Waals surface area contributed by atoms with E-state index in [1.807, 2.05) is 24.3 Å². The van der Waals surface area contributed by atoms with Crippen LogP contribution >= 0.6 is 0 Å². The molecular weight excluding hydrogens is 302 g/mol. The number of anilines is 1. The average molecular weight is 327 g/mol. The number of carbonyl (C=O) groups excluding carboxylic acids is 1. The molecule has 124 valence electrons. The average Bonchev–Trinajstić information content (AvgIpc) is 2.53. The van der Waals surface area contributed by atoms with Gasteiger partial charge >= 0.3 is 0 Å². The first-order valence-corrected chi connectivity index (χ1v) is 7.60. The fourth-order valence-electron chi connectivity index (χ4n) is 2.51. The van der Waals surface area contributed by atoms with Crippen molar-refractivity contribution in [3.05, 3.63) is 24.3 Å². The highest BCUT2D eigenvalue weighted by Crippen LogP contribution is 2.16. The van der Waals surface area contributed by atoms with Crippen LogP contribution in [0, 0.1) is 0 Å². The summed E-state index contributed by atoms with van der Waals surface area (Å²) in [6.07, 6.45) is 0.531. The number of ether oxygens (including phenoxy) is 1. The standard InChI is InChI=1S/C16H25N3O2.ClH/c1-3-18-9-11-19(12-10-18)8-7-16(20)17-14-5-4-6-15(13-14)21-2;/h4-6,13H,3,7-12H2,1-2H3,(H,17,20);1H/p-1. The third-order valence-electron chi connectivity index (χ3n) is 3.92. The van der Waals surface area contributed by atoms with Gasteiger partial charge in [-0.2, -0.15) is 0 Å². The van der Waals surface area contributed by atoms with Crippen molar-refractivity contribution in [2.75, 3.05) is 51.7 Å². The second-order valence-corrected chi connectivity index (χ2v) is 5.31. The van der Waals surface area contributed by atoms with Crippen LogP contribution < -0.4 is 22.5 Å². The largest absolute Gasteiger partial charge is 1.00 e. The lowest BCUT2D eigenvalue weighted by molar-refractivity contribution is -0.116. The molecule has 5 nitrogen and oxygen atoms in total. The molecule has 1 aromatic rings. The third kappa shape index (κ3) is 5.83. The molecule has 0 spiro atoms. The number of methoxy groups -OCH3 is 1. The van der Waals surface area contributed by atoms with Gasteiger partial charge in [-0.1, -0.05) is 13.0 Å². The van der Waals surface area contributed by atoms with Gasteiger partial charge in [0.05, 0.1) is 7.11 Å². The van der Waals surface area contributed by atoms with Crippen LogP contribution in [0.4, 0.5) is 5.69 Å².